The molecule has 2 saturated heterocycles. The molecule has 2 heterocycles. The van der Waals surface area contributed by atoms with Crippen molar-refractivity contribution in [3.8, 4) is 0 Å². The number of nitrogens with one attached hydrogen (secondary N) is 1. The first-order chi connectivity index (χ1) is 7.81. The lowest BCUT2D eigenvalue weighted by Crippen LogP contribution is -2.55. The lowest BCUT2D eigenvalue weighted by molar-refractivity contribution is -0.135. The summed E-state index contributed by atoms with van der Waals surface area (Å²) in [5, 5.41) is 3.27. The smallest absolute Gasteiger partial charge is 0.239 e. The zero-order chi connectivity index (χ0) is 11.4. The van der Waals surface area contributed by atoms with Gasteiger partial charge < -0.3 is 15.1 Å². The Morgan fingerprint density at radius 3 is 2.69 bits per heavy atom. The number of hydrogen-bond acceptors (Lipinski definition) is 3. The second-order valence-electron chi connectivity index (χ2n) is 4.79. The SMILES string of the molecule is CCC1NCCN(CCN2CCCC2)C1=O. The highest BCUT2D eigenvalue weighted by Gasteiger charge is 2.26. The number of carbonyl (C=O) groups is 1. The van der Waals surface area contributed by atoms with Crippen LogP contribution in [-0.4, -0.2) is 61.0 Å². The maximum Gasteiger partial charge on any atom is 0.239 e. The van der Waals surface area contributed by atoms with Crippen LogP contribution in [0.1, 0.15) is 26.2 Å². The van der Waals surface area contributed by atoms with E-state index in [9.17, 15) is 4.79 Å². The molecule has 92 valence electrons. The summed E-state index contributed by atoms with van der Waals surface area (Å²) in [5.74, 6) is 0.299. The van der Waals surface area contributed by atoms with Gasteiger partial charge in [-0.2, -0.15) is 0 Å². The van der Waals surface area contributed by atoms with Gasteiger partial charge in [-0.25, -0.2) is 0 Å². The number of piperazine rings is 1. The average molecular weight is 225 g/mol. The Morgan fingerprint density at radius 2 is 2.00 bits per heavy atom. The molecule has 1 amide bonds. The summed E-state index contributed by atoms with van der Waals surface area (Å²) < 4.78 is 0. The topological polar surface area (TPSA) is 35.6 Å². The van der Waals surface area contributed by atoms with E-state index < -0.39 is 0 Å². The molecule has 0 aliphatic carbocycles. The minimum atomic E-state index is 0.0623. The van der Waals surface area contributed by atoms with Crippen molar-refractivity contribution in [3.05, 3.63) is 0 Å². The van der Waals surface area contributed by atoms with Crippen molar-refractivity contribution < 1.29 is 4.79 Å². The fourth-order valence-electron chi connectivity index (χ4n) is 2.60. The second kappa shape index (κ2) is 5.64. The summed E-state index contributed by atoms with van der Waals surface area (Å²) in [6.45, 7) is 8.31. The molecule has 0 saturated carbocycles. The summed E-state index contributed by atoms with van der Waals surface area (Å²) in [6, 6.07) is 0.0623. The molecule has 2 fully saturated rings. The van der Waals surface area contributed by atoms with Crippen LogP contribution in [0.3, 0.4) is 0 Å². The molecule has 1 unspecified atom stereocenters. The van der Waals surface area contributed by atoms with E-state index in [0.29, 0.717) is 5.91 Å². The van der Waals surface area contributed by atoms with Crippen LogP contribution in [0.5, 0.6) is 0 Å². The van der Waals surface area contributed by atoms with Crippen molar-refractivity contribution in [3.63, 3.8) is 0 Å². The van der Waals surface area contributed by atoms with Crippen molar-refractivity contribution >= 4 is 5.91 Å². The Kier molecular flexibility index (Phi) is 4.18. The summed E-state index contributed by atoms with van der Waals surface area (Å²) in [6.07, 6.45) is 3.55. The molecule has 0 bridgehead atoms. The monoisotopic (exact) mass is 225 g/mol. The summed E-state index contributed by atoms with van der Waals surface area (Å²) in [5.41, 5.74) is 0. The fraction of sp³-hybridized carbons (Fsp3) is 0.917. The third-order valence-electron chi connectivity index (χ3n) is 3.68. The number of rotatable bonds is 4. The van der Waals surface area contributed by atoms with Gasteiger partial charge in [0.2, 0.25) is 5.91 Å². The van der Waals surface area contributed by atoms with E-state index in [-0.39, 0.29) is 6.04 Å². The Bertz CT molecular complexity index is 238. The Morgan fingerprint density at radius 1 is 1.25 bits per heavy atom. The van der Waals surface area contributed by atoms with Crippen molar-refractivity contribution in [2.45, 2.75) is 32.2 Å². The maximum absolute atomic E-state index is 12.0. The van der Waals surface area contributed by atoms with E-state index in [2.05, 4.69) is 17.1 Å². The normalized spacial score (nSPS) is 27.7. The molecule has 0 spiro atoms. The van der Waals surface area contributed by atoms with E-state index >= 15 is 0 Å². The number of likely N-dealkylation sites (tertiary alicyclic amines) is 1. The summed E-state index contributed by atoms with van der Waals surface area (Å²) >= 11 is 0. The van der Waals surface area contributed by atoms with E-state index in [1.165, 1.54) is 25.9 Å². The highest BCUT2D eigenvalue weighted by Crippen LogP contribution is 2.09. The number of hydrogen-bond donors (Lipinski definition) is 1. The number of carbonyl (C=O) groups excluding carboxylic acids is 1. The van der Waals surface area contributed by atoms with Crippen LogP contribution in [0.2, 0.25) is 0 Å². The average Bonchev–Trinajstić information content (AvgIpc) is 2.81. The zero-order valence-corrected chi connectivity index (χ0v) is 10.2. The molecule has 1 atom stereocenters. The van der Waals surface area contributed by atoms with Crippen LogP contribution in [0.25, 0.3) is 0 Å². The van der Waals surface area contributed by atoms with Crippen LogP contribution >= 0.6 is 0 Å². The minimum absolute atomic E-state index is 0.0623. The van der Waals surface area contributed by atoms with E-state index in [1.807, 2.05) is 4.90 Å². The highest BCUT2D eigenvalue weighted by atomic mass is 16.2. The van der Waals surface area contributed by atoms with Crippen molar-refractivity contribution in [1.29, 1.82) is 0 Å². The summed E-state index contributed by atoms with van der Waals surface area (Å²) in [7, 11) is 0. The lowest BCUT2D eigenvalue weighted by atomic mass is 10.1. The van der Waals surface area contributed by atoms with Gasteiger partial charge in [0.1, 0.15) is 0 Å². The van der Waals surface area contributed by atoms with Crippen molar-refractivity contribution in [2.24, 2.45) is 0 Å². The highest BCUT2D eigenvalue weighted by molar-refractivity contribution is 5.82. The molecule has 0 aromatic rings. The van der Waals surface area contributed by atoms with Crippen molar-refractivity contribution in [2.75, 3.05) is 39.3 Å². The van der Waals surface area contributed by atoms with Gasteiger partial charge >= 0.3 is 0 Å². The molecule has 4 heteroatoms. The second-order valence-corrected chi connectivity index (χ2v) is 4.79. The van der Waals surface area contributed by atoms with Crippen LogP contribution in [0.4, 0.5) is 0 Å². The van der Waals surface area contributed by atoms with Crippen LogP contribution < -0.4 is 5.32 Å². The summed E-state index contributed by atoms with van der Waals surface area (Å²) in [4.78, 5) is 16.5. The van der Waals surface area contributed by atoms with E-state index in [0.717, 1.165) is 32.6 Å². The van der Waals surface area contributed by atoms with E-state index in [1.54, 1.807) is 0 Å². The van der Waals surface area contributed by atoms with Crippen LogP contribution in [-0.2, 0) is 4.79 Å². The molecular weight excluding hydrogens is 202 g/mol. The van der Waals surface area contributed by atoms with Gasteiger partial charge in [-0.05, 0) is 32.4 Å². The van der Waals surface area contributed by atoms with Gasteiger partial charge in [0.15, 0.2) is 0 Å². The van der Waals surface area contributed by atoms with Gasteiger partial charge in [-0.3, -0.25) is 4.79 Å². The maximum atomic E-state index is 12.0. The zero-order valence-electron chi connectivity index (χ0n) is 10.2. The molecule has 2 aliphatic rings. The first-order valence-corrected chi connectivity index (χ1v) is 6.56. The van der Waals surface area contributed by atoms with Crippen LogP contribution in [0, 0.1) is 0 Å². The van der Waals surface area contributed by atoms with Gasteiger partial charge in [-0.1, -0.05) is 6.92 Å². The molecule has 16 heavy (non-hydrogen) atoms. The Hall–Kier alpha value is -0.610. The number of nitrogens with zero attached hydrogens (tertiary/aromatic N) is 2. The molecule has 4 nitrogen and oxygen atoms in total. The lowest BCUT2D eigenvalue weighted by Gasteiger charge is -2.33. The third-order valence-corrected chi connectivity index (χ3v) is 3.68. The van der Waals surface area contributed by atoms with E-state index in [4.69, 9.17) is 0 Å². The van der Waals surface area contributed by atoms with Gasteiger partial charge in [0.25, 0.3) is 0 Å². The Labute approximate surface area is 98.0 Å². The molecule has 2 aliphatic heterocycles. The van der Waals surface area contributed by atoms with Crippen molar-refractivity contribution in [1.82, 2.24) is 15.1 Å². The fourth-order valence-corrected chi connectivity index (χ4v) is 2.60. The molecule has 1 N–H and O–H groups in total. The molecular formula is C12H23N3O. The Balaban J connectivity index is 1.77. The molecule has 0 radical (unpaired) electrons. The van der Waals surface area contributed by atoms with Gasteiger partial charge in [0.05, 0.1) is 6.04 Å². The predicted molar refractivity (Wildman–Crippen MR) is 64.3 cm³/mol. The van der Waals surface area contributed by atoms with Gasteiger partial charge in [0, 0.05) is 26.2 Å². The minimum Gasteiger partial charge on any atom is -0.339 e. The van der Waals surface area contributed by atoms with Crippen LogP contribution in [0.15, 0.2) is 0 Å². The largest absolute Gasteiger partial charge is 0.339 e. The molecule has 0 aromatic carbocycles. The first kappa shape index (κ1) is 11.9. The standard InChI is InChI=1S/C12H23N3O/c1-2-11-12(16)15(8-5-13-11)10-9-14-6-3-4-7-14/h11,13H,2-10H2,1H3. The number of amides is 1. The quantitative estimate of drug-likeness (QED) is 0.747. The third kappa shape index (κ3) is 2.74. The molecule has 2 rings (SSSR count). The van der Waals surface area contributed by atoms with Gasteiger partial charge in [-0.15, -0.1) is 0 Å². The predicted octanol–water partition coefficient (Wildman–Crippen LogP) is 0.293. The first-order valence-electron chi connectivity index (χ1n) is 6.56. The molecule has 0 aromatic heterocycles.